The lowest BCUT2D eigenvalue weighted by atomic mass is 10.4. The molecule has 0 saturated carbocycles. The van der Waals surface area contributed by atoms with Crippen molar-refractivity contribution in [3.05, 3.63) is 25.7 Å². The number of hydrogen-bond donors (Lipinski definition) is 0. The van der Waals surface area contributed by atoms with Crippen LogP contribution >= 0.6 is 0 Å². The van der Waals surface area contributed by atoms with E-state index in [4.69, 9.17) is 17.7 Å². The van der Waals surface area contributed by atoms with Crippen LogP contribution in [0.4, 0.5) is 9.59 Å². The molecular formula is C22H48O8Si3. The normalized spacial score (nSPS) is 11.3. The molecule has 0 aliphatic heterocycles. The van der Waals surface area contributed by atoms with Gasteiger partial charge in [-0.15, -0.1) is 0 Å². The van der Waals surface area contributed by atoms with Gasteiger partial charge in [-0.25, -0.2) is 9.59 Å². The minimum atomic E-state index is -2.28. The molecule has 0 atom stereocenters. The summed E-state index contributed by atoms with van der Waals surface area (Å²) in [5.74, 6) is 0. The Kier molecular flexibility index (Phi) is 19.7. The maximum absolute atomic E-state index is 11.1. The van der Waals surface area contributed by atoms with Crippen LogP contribution < -0.4 is 0 Å². The summed E-state index contributed by atoms with van der Waals surface area (Å²) >= 11 is 0. The third kappa shape index (κ3) is 20.9. The van der Waals surface area contributed by atoms with E-state index in [-0.39, 0.29) is 14.9 Å². The first-order valence-corrected chi connectivity index (χ1v) is 19.7. The first kappa shape index (κ1) is 36.2. The summed E-state index contributed by atoms with van der Waals surface area (Å²) < 4.78 is 32.0. The van der Waals surface area contributed by atoms with Crippen LogP contribution in [0.15, 0.2) is 25.7 Å². The van der Waals surface area contributed by atoms with Gasteiger partial charge in [-0.05, 0) is 64.2 Å². The third-order valence-electron chi connectivity index (χ3n) is 4.19. The SMILES string of the molecule is C.C.C=COC(=O)OCCCC[Si](C)(C)O[Si](C)(C)O[Si](C)(C)CCCCOC(=O)OC=C. The van der Waals surface area contributed by atoms with Crippen molar-refractivity contribution in [2.45, 2.75) is 91.9 Å². The molecule has 0 fully saturated rings. The van der Waals surface area contributed by atoms with Crippen molar-refractivity contribution in [3.8, 4) is 0 Å². The maximum atomic E-state index is 11.1. The molecular weight excluding hydrogens is 476 g/mol. The van der Waals surface area contributed by atoms with Crippen LogP contribution in [0, 0.1) is 0 Å². The minimum absolute atomic E-state index is 0. The van der Waals surface area contributed by atoms with Crippen molar-refractivity contribution in [2.24, 2.45) is 0 Å². The second kappa shape index (κ2) is 18.0. The first-order chi connectivity index (χ1) is 14.3. The summed E-state index contributed by atoms with van der Waals surface area (Å²) in [5.41, 5.74) is 0. The van der Waals surface area contributed by atoms with Gasteiger partial charge in [0, 0.05) is 0 Å². The zero-order valence-electron chi connectivity index (χ0n) is 20.0. The highest BCUT2D eigenvalue weighted by Gasteiger charge is 2.39. The van der Waals surface area contributed by atoms with Crippen molar-refractivity contribution in [2.75, 3.05) is 13.2 Å². The van der Waals surface area contributed by atoms with Crippen LogP contribution in [-0.2, 0) is 27.2 Å². The van der Waals surface area contributed by atoms with E-state index in [1.807, 2.05) is 0 Å². The monoisotopic (exact) mass is 524 g/mol. The minimum Gasteiger partial charge on any atom is -0.437 e. The highest BCUT2D eigenvalue weighted by Crippen LogP contribution is 2.26. The van der Waals surface area contributed by atoms with Gasteiger partial charge < -0.3 is 27.2 Å². The Morgan fingerprint density at radius 2 is 1.00 bits per heavy atom. The van der Waals surface area contributed by atoms with Gasteiger partial charge in [-0.1, -0.05) is 40.9 Å². The molecule has 0 heterocycles. The topological polar surface area (TPSA) is 89.5 Å². The van der Waals surface area contributed by atoms with E-state index in [1.54, 1.807) is 0 Å². The molecule has 0 radical (unpaired) electrons. The first-order valence-electron chi connectivity index (χ1n) is 10.6. The standard InChI is InChI=1S/C20H40O8Si3.2CH4/c1-9-23-19(21)25-15-11-13-17-29(3,4)27-31(7,8)28-30(5,6)18-14-12-16-26-20(22)24-10-2;;/h9-10H,1-2,11-18H2,3-8H3;2*1H4. The fourth-order valence-electron chi connectivity index (χ4n) is 3.27. The molecule has 0 aromatic heterocycles. The molecule has 0 aromatic rings. The van der Waals surface area contributed by atoms with Crippen LogP contribution in [0.5, 0.6) is 0 Å². The van der Waals surface area contributed by atoms with Crippen molar-refractivity contribution >= 4 is 37.5 Å². The maximum Gasteiger partial charge on any atom is 0.513 e. The molecule has 33 heavy (non-hydrogen) atoms. The largest absolute Gasteiger partial charge is 0.513 e. The molecule has 8 nitrogen and oxygen atoms in total. The number of carbonyl (C=O) groups excluding carboxylic acids is 2. The van der Waals surface area contributed by atoms with E-state index >= 15 is 0 Å². The third-order valence-corrected chi connectivity index (χ3v) is 15.7. The number of ether oxygens (including phenoxy) is 4. The second-order valence-corrected chi connectivity index (χ2v) is 21.3. The Hall–Kier alpha value is -1.41. The molecule has 0 rings (SSSR count). The van der Waals surface area contributed by atoms with Gasteiger partial charge in [0.05, 0.1) is 25.7 Å². The molecule has 0 aliphatic rings. The predicted molar refractivity (Wildman–Crippen MR) is 141 cm³/mol. The molecule has 196 valence electrons. The zero-order chi connectivity index (χ0) is 24.0. The van der Waals surface area contributed by atoms with E-state index < -0.39 is 37.5 Å². The Morgan fingerprint density at radius 1 is 0.667 bits per heavy atom. The number of rotatable bonds is 16. The van der Waals surface area contributed by atoms with Gasteiger partial charge in [0.1, 0.15) is 0 Å². The Labute approximate surface area is 205 Å². The highest BCUT2D eigenvalue weighted by atomic mass is 28.5. The molecule has 0 saturated heterocycles. The second-order valence-electron chi connectivity index (χ2n) is 8.80. The summed E-state index contributed by atoms with van der Waals surface area (Å²) in [5, 5.41) is 0. The van der Waals surface area contributed by atoms with Crippen molar-refractivity contribution in [1.82, 2.24) is 0 Å². The quantitative estimate of drug-likeness (QED) is 0.0884. The van der Waals surface area contributed by atoms with E-state index in [0.29, 0.717) is 13.2 Å². The van der Waals surface area contributed by atoms with Crippen LogP contribution in [0.25, 0.3) is 0 Å². The average Bonchev–Trinajstić information content (AvgIpc) is 2.59. The van der Waals surface area contributed by atoms with Gasteiger partial charge in [-0.3, -0.25) is 0 Å². The number of unbranched alkanes of at least 4 members (excludes halogenated alkanes) is 2. The van der Waals surface area contributed by atoms with Crippen LogP contribution in [0.1, 0.15) is 40.5 Å². The predicted octanol–water partition coefficient (Wildman–Crippen LogP) is 7.56. The summed E-state index contributed by atoms with van der Waals surface area (Å²) in [7, 11) is -6.09. The smallest absolute Gasteiger partial charge is 0.437 e. The van der Waals surface area contributed by atoms with E-state index in [0.717, 1.165) is 50.3 Å². The highest BCUT2D eigenvalue weighted by molar-refractivity contribution is 6.87. The van der Waals surface area contributed by atoms with Crippen LogP contribution in [0.3, 0.4) is 0 Å². The Balaban J connectivity index is -0.00000450. The number of carbonyl (C=O) groups is 2. The van der Waals surface area contributed by atoms with Crippen molar-refractivity contribution < 1.29 is 36.8 Å². The summed E-state index contributed by atoms with van der Waals surface area (Å²) in [6.07, 6.45) is 4.02. The van der Waals surface area contributed by atoms with Crippen LogP contribution in [0.2, 0.25) is 51.4 Å². The fraction of sp³-hybridized carbons (Fsp3) is 0.727. The van der Waals surface area contributed by atoms with Gasteiger partial charge in [0.2, 0.25) is 0 Å². The Bertz CT molecular complexity index is 532. The van der Waals surface area contributed by atoms with Gasteiger partial charge >= 0.3 is 20.9 Å². The molecule has 0 bridgehead atoms. The molecule has 0 spiro atoms. The molecule has 0 amide bonds. The molecule has 11 heteroatoms. The summed E-state index contributed by atoms with van der Waals surface area (Å²) in [6.45, 7) is 20.3. The molecule has 0 aromatic carbocycles. The summed E-state index contributed by atoms with van der Waals surface area (Å²) in [6, 6.07) is 1.93. The van der Waals surface area contributed by atoms with E-state index in [1.165, 1.54) is 0 Å². The lowest BCUT2D eigenvalue weighted by Crippen LogP contribution is -2.52. The van der Waals surface area contributed by atoms with E-state index in [2.05, 4.69) is 61.9 Å². The molecule has 0 unspecified atom stereocenters. The van der Waals surface area contributed by atoms with Crippen molar-refractivity contribution in [1.29, 1.82) is 0 Å². The van der Waals surface area contributed by atoms with Crippen LogP contribution in [-0.4, -0.2) is 50.7 Å². The van der Waals surface area contributed by atoms with Gasteiger partial charge in [0.15, 0.2) is 16.6 Å². The van der Waals surface area contributed by atoms with Crippen molar-refractivity contribution in [3.63, 3.8) is 0 Å². The zero-order valence-corrected chi connectivity index (χ0v) is 23.0. The summed E-state index contributed by atoms with van der Waals surface area (Å²) in [4.78, 5) is 22.2. The van der Waals surface area contributed by atoms with Gasteiger partial charge in [0.25, 0.3) is 0 Å². The molecule has 0 N–H and O–H groups in total. The molecule has 0 aliphatic carbocycles. The van der Waals surface area contributed by atoms with Gasteiger partial charge in [-0.2, -0.15) is 0 Å². The lowest BCUT2D eigenvalue weighted by Gasteiger charge is -2.38. The Morgan fingerprint density at radius 3 is 1.30 bits per heavy atom. The number of hydrogen-bond acceptors (Lipinski definition) is 8. The fourth-order valence-corrected chi connectivity index (χ4v) is 17.5. The van der Waals surface area contributed by atoms with E-state index in [9.17, 15) is 9.59 Å². The lowest BCUT2D eigenvalue weighted by molar-refractivity contribution is 0.0827. The average molecular weight is 525 g/mol.